The van der Waals surface area contributed by atoms with E-state index in [0.29, 0.717) is 0 Å². The Morgan fingerprint density at radius 3 is 2.53 bits per heavy atom. The highest BCUT2D eigenvalue weighted by atomic mass is 16.4. The number of phenolic OH excluding ortho intramolecular Hbond substituents is 2. The Hall–Kier alpha value is -2.30. The maximum atomic E-state index is 10.7. The summed E-state index contributed by atoms with van der Waals surface area (Å²) in [6.07, 6.45) is 1.13. The lowest BCUT2D eigenvalue weighted by Gasteiger charge is -2.03. The van der Waals surface area contributed by atoms with Crippen molar-refractivity contribution in [2.75, 3.05) is 0 Å². The first-order valence-corrected chi connectivity index (χ1v) is 4.13. The number of hydrogen-bond donors (Lipinski definition) is 3. The maximum Gasteiger partial charge on any atom is 0.337 e. The lowest BCUT2D eigenvalue weighted by atomic mass is 10.1. The van der Waals surface area contributed by atoms with Crippen LogP contribution in [-0.4, -0.2) is 26.3 Å². The fraction of sp³-hybridized carbons (Fsp3) is 0. The third kappa shape index (κ3) is 1.43. The van der Waals surface area contributed by atoms with Crippen LogP contribution in [0.3, 0.4) is 0 Å². The number of rotatable bonds is 1. The summed E-state index contributed by atoms with van der Waals surface area (Å²) in [5.74, 6) is -1.34. The van der Waals surface area contributed by atoms with Gasteiger partial charge >= 0.3 is 5.97 Å². The molecule has 0 fully saturated rings. The predicted octanol–water partition coefficient (Wildman–Crippen LogP) is 1.34. The van der Waals surface area contributed by atoms with Crippen molar-refractivity contribution in [1.29, 1.82) is 0 Å². The van der Waals surface area contributed by atoms with E-state index in [1.54, 1.807) is 0 Å². The number of fused-ring (bicyclic) bond motifs is 1. The number of carboxylic acid groups (broad SMARTS) is 1. The van der Waals surface area contributed by atoms with Crippen molar-refractivity contribution >= 4 is 16.9 Å². The standard InChI is InChI=1S/C10H7NO4/c12-7-1-2-8(13)9-6(7)3-5(4-11-9)10(14)15/h1-4,12-13H,(H,14,15). The molecule has 5 heteroatoms. The molecule has 0 aliphatic rings. The summed E-state index contributed by atoms with van der Waals surface area (Å²) in [6.45, 7) is 0. The summed E-state index contributed by atoms with van der Waals surface area (Å²) in [7, 11) is 0. The van der Waals surface area contributed by atoms with Crippen molar-refractivity contribution in [2.24, 2.45) is 0 Å². The fourth-order valence-corrected chi connectivity index (χ4v) is 1.31. The summed E-state index contributed by atoms with van der Waals surface area (Å²) in [6, 6.07) is 3.84. The summed E-state index contributed by atoms with van der Waals surface area (Å²) >= 11 is 0. The van der Waals surface area contributed by atoms with Crippen LogP contribution in [0.15, 0.2) is 24.4 Å². The van der Waals surface area contributed by atoms with E-state index in [4.69, 9.17) is 5.11 Å². The number of phenols is 2. The summed E-state index contributed by atoms with van der Waals surface area (Å²) < 4.78 is 0. The van der Waals surface area contributed by atoms with Crippen LogP contribution < -0.4 is 0 Å². The first kappa shape index (κ1) is 9.26. The van der Waals surface area contributed by atoms with Crippen molar-refractivity contribution in [3.05, 3.63) is 30.0 Å². The molecule has 0 aliphatic heterocycles. The molecule has 0 amide bonds. The van der Waals surface area contributed by atoms with Crippen molar-refractivity contribution in [3.63, 3.8) is 0 Å². The van der Waals surface area contributed by atoms with Gasteiger partial charge in [0.2, 0.25) is 0 Å². The lowest BCUT2D eigenvalue weighted by molar-refractivity contribution is 0.0696. The molecule has 2 rings (SSSR count). The molecule has 5 nitrogen and oxygen atoms in total. The number of hydrogen-bond acceptors (Lipinski definition) is 4. The minimum absolute atomic E-state index is 0.0385. The molecular weight excluding hydrogens is 198 g/mol. The largest absolute Gasteiger partial charge is 0.507 e. The van der Waals surface area contributed by atoms with E-state index in [2.05, 4.69) is 4.98 Å². The highest BCUT2D eigenvalue weighted by Gasteiger charge is 2.10. The van der Waals surface area contributed by atoms with Crippen LogP contribution in [0.2, 0.25) is 0 Å². The zero-order valence-corrected chi connectivity index (χ0v) is 7.51. The van der Waals surface area contributed by atoms with Crippen LogP contribution in [0.1, 0.15) is 10.4 Å². The van der Waals surface area contributed by atoms with E-state index < -0.39 is 5.97 Å². The quantitative estimate of drug-likeness (QED) is 0.611. The maximum absolute atomic E-state index is 10.7. The smallest absolute Gasteiger partial charge is 0.337 e. The van der Waals surface area contributed by atoms with E-state index in [1.807, 2.05) is 0 Å². The molecule has 0 aliphatic carbocycles. The van der Waals surface area contributed by atoms with Gasteiger partial charge in [-0.25, -0.2) is 4.79 Å². The number of carboxylic acids is 1. The molecule has 0 bridgehead atoms. The second-order valence-corrected chi connectivity index (χ2v) is 3.03. The normalized spacial score (nSPS) is 10.4. The molecule has 2 aromatic rings. The van der Waals surface area contributed by atoms with Crippen molar-refractivity contribution in [1.82, 2.24) is 4.98 Å². The van der Waals surface area contributed by atoms with E-state index in [9.17, 15) is 15.0 Å². The van der Waals surface area contributed by atoms with Gasteiger partial charge in [0, 0.05) is 11.6 Å². The van der Waals surface area contributed by atoms with Crippen LogP contribution in [0.5, 0.6) is 11.5 Å². The molecule has 0 spiro atoms. The van der Waals surface area contributed by atoms with Crippen molar-refractivity contribution < 1.29 is 20.1 Å². The molecule has 0 saturated carbocycles. The van der Waals surface area contributed by atoms with Crippen molar-refractivity contribution in [2.45, 2.75) is 0 Å². The van der Waals surface area contributed by atoms with E-state index >= 15 is 0 Å². The summed E-state index contributed by atoms with van der Waals surface area (Å²) in [5, 5.41) is 27.8. The fourth-order valence-electron chi connectivity index (χ4n) is 1.31. The number of benzene rings is 1. The average Bonchev–Trinajstić information content (AvgIpc) is 2.23. The van der Waals surface area contributed by atoms with Gasteiger partial charge in [-0.1, -0.05) is 0 Å². The molecule has 1 aromatic carbocycles. The zero-order valence-electron chi connectivity index (χ0n) is 7.51. The first-order valence-electron chi connectivity index (χ1n) is 4.13. The predicted molar refractivity (Wildman–Crippen MR) is 52.0 cm³/mol. The molecule has 76 valence electrons. The molecule has 1 heterocycles. The third-order valence-electron chi connectivity index (χ3n) is 2.05. The lowest BCUT2D eigenvalue weighted by Crippen LogP contribution is -1.97. The average molecular weight is 205 g/mol. The number of aromatic nitrogens is 1. The first-order chi connectivity index (χ1) is 7.09. The SMILES string of the molecule is O=C(O)c1cnc2c(O)ccc(O)c2c1. The molecule has 1 aromatic heterocycles. The van der Waals surface area contributed by atoms with E-state index in [1.165, 1.54) is 18.2 Å². The molecule has 0 atom stereocenters. The van der Waals surface area contributed by atoms with Gasteiger partial charge in [0.05, 0.1) is 5.56 Å². The Morgan fingerprint density at radius 2 is 1.87 bits per heavy atom. The van der Waals surface area contributed by atoms with Gasteiger partial charge in [0.1, 0.15) is 17.0 Å². The van der Waals surface area contributed by atoms with Crippen LogP contribution in [0, 0.1) is 0 Å². The summed E-state index contributed by atoms with van der Waals surface area (Å²) in [4.78, 5) is 14.4. The molecule has 15 heavy (non-hydrogen) atoms. The Morgan fingerprint density at radius 1 is 1.20 bits per heavy atom. The molecule has 3 N–H and O–H groups in total. The monoisotopic (exact) mass is 205 g/mol. The highest BCUT2D eigenvalue weighted by molar-refractivity contribution is 5.96. The Labute approximate surface area is 84.2 Å². The van der Waals surface area contributed by atoms with E-state index in [-0.39, 0.29) is 28.0 Å². The Bertz CT molecular complexity index is 550. The molecule has 0 unspecified atom stereocenters. The number of pyridine rings is 1. The highest BCUT2D eigenvalue weighted by Crippen LogP contribution is 2.30. The number of aromatic hydroxyl groups is 2. The Balaban J connectivity index is 2.81. The zero-order chi connectivity index (χ0) is 11.0. The van der Waals surface area contributed by atoms with Crippen LogP contribution >= 0.6 is 0 Å². The van der Waals surface area contributed by atoms with Crippen LogP contribution in [-0.2, 0) is 0 Å². The minimum atomic E-state index is -1.13. The van der Waals surface area contributed by atoms with Crippen LogP contribution in [0.4, 0.5) is 0 Å². The van der Waals surface area contributed by atoms with Gasteiger partial charge in [-0.15, -0.1) is 0 Å². The molecule has 0 saturated heterocycles. The topological polar surface area (TPSA) is 90.7 Å². The van der Waals surface area contributed by atoms with Gasteiger partial charge in [-0.05, 0) is 18.2 Å². The van der Waals surface area contributed by atoms with Gasteiger partial charge < -0.3 is 15.3 Å². The Kier molecular flexibility index (Phi) is 1.93. The second-order valence-electron chi connectivity index (χ2n) is 3.03. The molecule has 0 radical (unpaired) electrons. The second kappa shape index (κ2) is 3.13. The minimum Gasteiger partial charge on any atom is -0.507 e. The third-order valence-corrected chi connectivity index (χ3v) is 2.05. The van der Waals surface area contributed by atoms with Gasteiger partial charge in [0.25, 0.3) is 0 Å². The van der Waals surface area contributed by atoms with Crippen LogP contribution in [0.25, 0.3) is 10.9 Å². The van der Waals surface area contributed by atoms with Crippen molar-refractivity contribution in [3.8, 4) is 11.5 Å². The van der Waals surface area contributed by atoms with Gasteiger partial charge in [0.15, 0.2) is 0 Å². The number of nitrogens with zero attached hydrogens (tertiary/aromatic N) is 1. The number of aromatic carboxylic acids is 1. The summed E-state index contributed by atoms with van der Waals surface area (Å²) in [5.41, 5.74) is 0.142. The molecular formula is C10H7NO4. The van der Waals surface area contributed by atoms with E-state index in [0.717, 1.165) is 6.20 Å². The van der Waals surface area contributed by atoms with Gasteiger partial charge in [-0.2, -0.15) is 0 Å². The number of carbonyl (C=O) groups is 1. The van der Waals surface area contributed by atoms with Gasteiger partial charge in [-0.3, -0.25) is 4.98 Å².